The Kier molecular flexibility index (Phi) is 4.98. The molecule has 1 aromatic carbocycles. The van der Waals surface area contributed by atoms with Crippen molar-refractivity contribution in [2.75, 3.05) is 32.8 Å². The summed E-state index contributed by atoms with van der Waals surface area (Å²) in [4.78, 5) is 2.33. The van der Waals surface area contributed by atoms with Gasteiger partial charge in [-0.3, -0.25) is 4.90 Å². The molecule has 1 unspecified atom stereocenters. The van der Waals surface area contributed by atoms with E-state index in [1.165, 1.54) is 24.3 Å². The van der Waals surface area contributed by atoms with Crippen molar-refractivity contribution in [2.45, 2.75) is 17.9 Å². The maximum absolute atomic E-state index is 12.2. The fourth-order valence-electron chi connectivity index (χ4n) is 2.17. The molecule has 1 fully saturated rings. The van der Waals surface area contributed by atoms with Crippen LogP contribution in [-0.4, -0.2) is 57.3 Å². The molecular formula is C13H20N2O4S. The van der Waals surface area contributed by atoms with Gasteiger partial charge in [-0.15, -0.1) is 0 Å². The Morgan fingerprint density at radius 2 is 1.90 bits per heavy atom. The zero-order chi connectivity index (χ0) is 14.6. The lowest BCUT2D eigenvalue weighted by atomic mass is 10.3. The molecule has 7 heteroatoms. The molecule has 112 valence electrons. The summed E-state index contributed by atoms with van der Waals surface area (Å²) in [7, 11) is -3.55. The molecule has 20 heavy (non-hydrogen) atoms. The van der Waals surface area contributed by atoms with Crippen LogP contribution in [0.5, 0.6) is 5.75 Å². The quantitative estimate of drug-likeness (QED) is 0.822. The number of aromatic hydroxyl groups is 1. The predicted octanol–water partition coefficient (Wildman–Crippen LogP) is 0.391. The van der Waals surface area contributed by atoms with Gasteiger partial charge in [-0.1, -0.05) is 0 Å². The third-order valence-electron chi connectivity index (χ3n) is 3.14. The second-order valence-electron chi connectivity index (χ2n) is 4.93. The van der Waals surface area contributed by atoms with Crippen molar-refractivity contribution >= 4 is 10.0 Å². The van der Waals surface area contributed by atoms with Crippen LogP contribution in [0.15, 0.2) is 29.2 Å². The summed E-state index contributed by atoms with van der Waals surface area (Å²) in [6, 6.07) is 5.31. The van der Waals surface area contributed by atoms with Crippen LogP contribution in [0.1, 0.15) is 6.92 Å². The summed E-state index contributed by atoms with van der Waals surface area (Å²) >= 11 is 0. The summed E-state index contributed by atoms with van der Waals surface area (Å²) in [5.74, 6) is 0.0466. The molecule has 0 spiro atoms. The number of rotatable bonds is 5. The number of hydrogen-bond donors (Lipinski definition) is 2. The van der Waals surface area contributed by atoms with Gasteiger partial charge in [-0.2, -0.15) is 0 Å². The SMILES string of the molecule is CC(CN1CCOCC1)NS(=O)(=O)c1ccc(O)cc1. The third-order valence-corrected chi connectivity index (χ3v) is 4.74. The van der Waals surface area contributed by atoms with Gasteiger partial charge >= 0.3 is 0 Å². The van der Waals surface area contributed by atoms with Crippen molar-refractivity contribution in [3.63, 3.8) is 0 Å². The minimum atomic E-state index is -3.55. The summed E-state index contributed by atoms with van der Waals surface area (Å²) < 4.78 is 32.2. The van der Waals surface area contributed by atoms with Crippen molar-refractivity contribution in [3.8, 4) is 5.75 Å². The molecular weight excluding hydrogens is 280 g/mol. The van der Waals surface area contributed by atoms with Crippen LogP contribution in [0.4, 0.5) is 0 Å². The van der Waals surface area contributed by atoms with E-state index in [0.717, 1.165) is 13.1 Å². The number of phenols is 1. The highest BCUT2D eigenvalue weighted by molar-refractivity contribution is 7.89. The summed E-state index contributed by atoms with van der Waals surface area (Å²) in [6.07, 6.45) is 0. The van der Waals surface area contributed by atoms with Gasteiger partial charge in [0.25, 0.3) is 0 Å². The molecule has 0 saturated carbocycles. The number of ether oxygens (including phenoxy) is 1. The first-order valence-electron chi connectivity index (χ1n) is 6.59. The van der Waals surface area contributed by atoms with Crippen LogP contribution in [0.3, 0.4) is 0 Å². The number of hydrogen-bond acceptors (Lipinski definition) is 5. The highest BCUT2D eigenvalue weighted by Crippen LogP contribution is 2.14. The zero-order valence-electron chi connectivity index (χ0n) is 11.4. The average Bonchev–Trinajstić information content (AvgIpc) is 2.39. The van der Waals surface area contributed by atoms with E-state index in [0.29, 0.717) is 19.8 Å². The zero-order valence-corrected chi connectivity index (χ0v) is 12.3. The van der Waals surface area contributed by atoms with Gasteiger partial charge in [0.1, 0.15) is 5.75 Å². The molecule has 1 aliphatic rings. The van der Waals surface area contributed by atoms with Crippen LogP contribution in [0, 0.1) is 0 Å². The first-order chi connectivity index (χ1) is 9.47. The van der Waals surface area contributed by atoms with Crippen LogP contribution < -0.4 is 4.72 Å². The molecule has 1 saturated heterocycles. The smallest absolute Gasteiger partial charge is 0.240 e. The summed E-state index contributed by atoms with van der Waals surface area (Å²) in [5, 5.41) is 9.19. The van der Waals surface area contributed by atoms with Gasteiger partial charge in [-0.05, 0) is 31.2 Å². The number of nitrogens with one attached hydrogen (secondary N) is 1. The molecule has 0 bridgehead atoms. The predicted molar refractivity (Wildman–Crippen MR) is 75.1 cm³/mol. The molecule has 0 aromatic heterocycles. The topological polar surface area (TPSA) is 78.9 Å². The van der Waals surface area contributed by atoms with Crippen LogP contribution in [0.25, 0.3) is 0 Å². The molecule has 1 aliphatic heterocycles. The van der Waals surface area contributed by atoms with E-state index in [1.54, 1.807) is 0 Å². The molecule has 1 aromatic rings. The first-order valence-corrected chi connectivity index (χ1v) is 8.07. The molecule has 2 rings (SSSR count). The number of phenolic OH excluding ortho intramolecular Hbond substituents is 1. The minimum absolute atomic E-state index is 0.0466. The molecule has 0 aliphatic carbocycles. The maximum Gasteiger partial charge on any atom is 0.240 e. The van der Waals surface area contributed by atoms with E-state index in [1.807, 2.05) is 6.92 Å². The van der Waals surface area contributed by atoms with Gasteiger partial charge < -0.3 is 9.84 Å². The third kappa shape index (κ3) is 4.17. The van der Waals surface area contributed by atoms with Crippen molar-refractivity contribution in [1.82, 2.24) is 9.62 Å². The van der Waals surface area contributed by atoms with Gasteiger partial charge in [0.15, 0.2) is 0 Å². The summed E-state index contributed by atoms with van der Waals surface area (Å²) in [5.41, 5.74) is 0. The van der Waals surface area contributed by atoms with Crippen molar-refractivity contribution in [1.29, 1.82) is 0 Å². The lowest BCUT2D eigenvalue weighted by molar-refractivity contribution is 0.0354. The molecule has 1 atom stereocenters. The van der Waals surface area contributed by atoms with E-state index < -0.39 is 10.0 Å². The standard InChI is InChI=1S/C13H20N2O4S/c1-11(10-15-6-8-19-9-7-15)14-20(17,18)13-4-2-12(16)3-5-13/h2-5,11,14,16H,6-10H2,1H3. The molecule has 0 radical (unpaired) electrons. The Morgan fingerprint density at radius 3 is 2.50 bits per heavy atom. The fraction of sp³-hybridized carbons (Fsp3) is 0.538. The van der Waals surface area contributed by atoms with E-state index in [-0.39, 0.29) is 16.7 Å². The summed E-state index contributed by atoms with van der Waals surface area (Å²) in [6.45, 7) is 5.53. The van der Waals surface area contributed by atoms with Crippen molar-refractivity contribution < 1.29 is 18.3 Å². The maximum atomic E-state index is 12.2. The Bertz CT molecular complexity index is 524. The normalized spacial score (nSPS) is 18.9. The van der Waals surface area contributed by atoms with Gasteiger partial charge in [0, 0.05) is 25.7 Å². The fourth-order valence-corrected chi connectivity index (χ4v) is 3.40. The Balaban J connectivity index is 1.95. The molecule has 6 nitrogen and oxygen atoms in total. The highest BCUT2D eigenvalue weighted by atomic mass is 32.2. The Morgan fingerprint density at radius 1 is 1.30 bits per heavy atom. The van der Waals surface area contributed by atoms with E-state index in [4.69, 9.17) is 4.74 Å². The lowest BCUT2D eigenvalue weighted by Crippen LogP contribution is -2.45. The number of sulfonamides is 1. The first kappa shape index (κ1) is 15.2. The molecule has 1 heterocycles. The largest absolute Gasteiger partial charge is 0.508 e. The number of morpholine rings is 1. The second kappa shape index (κ2) is 6.53. The number of nitrogens with zero attached hydrogens (tertiary/aromatic N) is 1. The average molecular weight is 300 g/mol. The highest BCUT2D eigenvalue weighted by Gasteiger charge is 2.20. The van der Waals surface area contributed by atoms with E-state index in [9.17, 15) is 13.5 Å². The second-order valence-corrected chi connectivity index (χ2v) is 6.64. The monoisotopic (exact) mass is 300 g/mol. The minimum Gasteiger partial charge on any atom is -0.508 e. The molecule has 0 amide bonds. The van der Waals surface area contributed by atoms with E-state index in [2.05, 4.69) is 9.62 Å². The Hall–Kier alpha value is -1.15. The van der Waals surface area contributed by atoms with Gasteiger partial charge in [0.2, 0.25) is 10.0 Å². The number of benzene rings is 1. The van der Waals surface area contributed by atoms with Crippen LogP contribution in [-0.2, 0) is 14.8 Å². The van der Waals surface area contributed by atoms with Gasteiger partial charge in [-0.25, -0.2) is 13.1 Å². The molecule has 2 N–H and O–H groups in total. The van der Waals surface area contributed by atoms with E-state index >= 15 is 0 Å². The lowest BCUT2D eigenvalue weighted by Gasteiger charge is -2.29. The van der Waals surface area contributed by atoms with Crippen LogP contribution in [0.2, 0.25) is 0 Å². The Labute approximate surface area is 119 Å². The van der Waals surface area contributed by atoms with Crippen LogP contribution >= 0.6 is 0 Å². The van der Waals surface area contributed by atoms with Crippen molar-refractivity contribution in [2.24, 2.45) is 0 Å². The van der Waals surface area contributed by atoms with Crippen molar-refractivity contribution in [3.05, 3.63) is 24.3 Å². The van der Waals surface area contributed by atoms with Gasteiger partial charge in [0.05, 0.1) is 18.1 Å².